The van der Waals surface area contributed by atoms with E-state index < -0.39 is 23.8 Å². The molecule has 0 spiro atoms. The average Bonchev–Trinajstić information content (AvgIpc) is 3.17. The summed E-state index contributed by atoms with van der Waals surface area (Å²) in [6.45, 7) is 0. The van der Waals surface area contributed by atoms with Gasteiger partial charge in [0.25, 0.3) is 11.8 Å². The van der Waals surface area contributed by atoms with E-state index in [-0.39, 0.29) is 17.5 Å². The number of nitrogens with zero attached hydrogens (tertiary/aromatic N) is 1. The van der Waals surface area contributed by atoms with Crippen molar-refractivity contribution in [3.63, 3.8) is 0 Å². The molecule has 6 heteroatoms. The largest absolute Gasteiger partial charge is 0.480 e. The fraction of sp³-hybridized carbons (Fsp3) is 0.150. The van der Waals surface area contributed by atoms with Crippen LogP contribution in [0, 0.1) is 0 Å². The monoisotopic (exact) mass is 348 g/mol. The van der Waals surface area contributed by atoms with E-state index in [1.165, 1.54) is 0 Å². The SMILES string of the molecule is O=C(O)[C@@H](CCc1c[nH]c2ccccc12)N1C(=O)c2ccccc2C1=O. The summed E-state index contributed by atoms with van der Waals surface area (Å²) in [5.41, 5.74) is 2.45. The number of hydrogen-bond acceptors (Lipinski definition) is 3. The lowest BCUT2D eigenvalue weighted by atomic mass is 10.0. The predicted octanol–water partition coefficient (Wildman–Crippen LogP) is 2.85. The van der Waals surface area contributed by atoms with Gasteiger partial charge in [0.05, 0.1) is 11.1 Å². The molecule has 2 amide bonds. The number of fused-ring (bicyclic) bond motifs is 2. The van der Waals surface area contributed by atoms with Crippen LogP contribution in [0.1, 0.15) is 32.7 Å². The van der Waals surface area contributed by atoms with E-state index in [2.05, 4.69) is 4.98 Å². The van der Waals surface area contributed by atoms with Crippen LogP contribution in [0.2, 0.25) is 0 Å². The number of aliphatic carboxylic acids is 1. The van der Waals surface area contributed by atoms with Gasteiger partial charge in [-0.25, -0.2) is 4.79 Å². The van der Waals surface area contributed by atoms with Crippen molar-refractivity contribution >= 4 is 28.7 Å². The van der Waals surface area contributed by atoms with Crippen molar-refractivity contribution in [2.75, 3.05) is 0 Å². The van der Waals surface area contributed by atoms with Gasteiger partial charge in [0.1, 0.15) is 6.04 Å². The number of aromatic nitrogens is 1. The first-order valence-electron chi connectivity index (χ1n) is 8.32. The number of carboxylic acids is 1. The molecule has 3 aromatic rings. The lowest BCUT2D eigenvalue weighted by molar-refractivity contribution is -0.141. The number of nitrogens with one attached hydrogen (secondary N) is 1. The Morgan fingerprint density at radius 3 is 2.27 bits per heavy atom. The number of imide groups is 1. The van der Waals surface area contributed by atoms with E-state index in [0.717, 1.165) is 21.4 Å². The predicted molar refractivity (Wildman–Crippen MR) is 95.0 cm³/mol. The van der Waals surface area contributed by atoms with Crippen LogP contribution in [-0.4, -0.2) is 38.8 Å². The van der Waals surface area contributed by atoms with Crippen molar-refractivity contribution in [3.8, 4) is 0 Å². The quantitative estimate of drug-likeness (QED) is 0.694. The third-order valence-corrected chi connectivity index (χ3v) is 4.78. The summed E-state index contributed by atoms with van der Waals surface area (Å²) in [5, 5.41) is 10.6. The number of carboxylic acid groups (broad SMARTS) is 1. The fourth-order valence-electron chi connectivity index (χ4n) is 3.48. The molecule has 1 aliphatic rings. The zero-order valence-electron chi connectivity index (χ0n) is 13.8. The summed E-state index contributed by atoms with van der Waals surface area (Å²) in [6, 6.07) is 13.0. The van der Waals surface area contributed by atoms with Crippen molar-refractivity contribution in [3.05, 3.63) is 71.4 Å². The minimum absolute atomic E-state index is 0.155. The Kier molecular flexibility index (Phi) is 3.80. The molecular weight excluding hydrogens is 332 g/mol. The molecule has 0 radical (unpaired) electrons. The van der Waals surface area contributed by atoms with Crippen LogP contribution in [0.15, 0.2) is 54.7 Å². The topological polar surface area (TPSA) is 90.5 Å². The third kappa shape index (κ3) is 2.47. The summed E-state index contributed by atoms with van der Waals surface area (Å²) < 4.78 is 0. The van der Waals surface area contributed by atoms with E-state index in [4.69, 9.17) is 0 Å². The Labute approximate surface area is 149 Å². The number of carbonyl (C=O) groups excluding carboxylic acids is 2. The highest BCUT2D eigenvalue weighted by molar-refractivity contribution is 6.22. The van der Waals surface area contributed by atoms with Gasteiger partial charge in [-0.2, -0.15) is 0 Å². The van der Waals surface area contributed by atoms with Gasteiger partial charge < -0.3 is 10.1 Å². The first-order chi connectivity index (χ1) is 12.6. The number of carbonyl (C=O) groups is 3. The molecule has 1 aliphatic heterocycles. The summed E-state index contributed by atoms with van der Waals surface area (Å²) in [4.78, 5) is 40.9. The average molecular weight is 348 g/mol. The minimum Gasteiger partial charge on any atom is -0.480 e. The second-order valence-electron chi connectivity index (χ2n) is 6.28. The lowest BCUT2D eigenvalue weighted by Gasteiger charge is -2.22. The van der Waals surface area contributed by atoms with Gasteiger partial charge in [-0.3, -0.25) is 14.5 Å². The Bertz CT molecular complexity index is 1000. The zero-order chi connectivity index (χ0) is 18.3. The van der Waals surface area contributed by atoms with Crippen molar-refractivity contribution in [1.82, 2.24) is 9.88 Å². The van der Waals surface area contributed by atoms with Crippen LogP contribution in [0.3, 0.4) is 0 Å². The van der Waals surface area contributed by atoms with Gasteiger partial charge in [-0.05, 0) is 36.6 Å². The van der Waals surface area contributed by atoms with E-state index in [1.54, 1.807) is 24.3 Å². The molecular formula is C20H16N2O4. The van der Waals surface area contributed by atoms with Crippen LogP contribution >= 0.6 is 0 Å². The minimum atomic E-state index is -1.20. The van der Waals surface area contributed by atoms with Crippen LogP contribution in [0.25, 0.3) is 10.9 Å². The van der Waals surface area contributed by atoms with Crippen LogP contribution in [0.5, 0.6) is 0 Å². The van der Waals surface area contributed by atoms with E-state index >= 15 is 0 Å². The van der Waals surface area contributed by atoms with Crippen molar-refractivity contribution in [2.45, 2.75) is 18.9 Å². The maximum Gasteiger partial charge on any atom is 0.326 e. The molecule has 2 aromatic carbocycles. The molecule has 0 unspecified atom stereocenters. The first-order valence-corrected chi connectivity index (χ1v) is 8.32. The molecule has 2 heterocycles. The lowest BCUT2D eigenvalue weighted by Crippen LogP contribution is -2.45. The van der Waals surface area contributed by atoms with E-state index in [9.17, 15) is 19.5 Å². The number of H-pyrrole nitrogens is 1. The van der Waals surface area contributed by atoms with Gasteiger partial charge in [0.15, 0.2) is 0 Å². The summed E-state index contributed by atoms with van der Waals surface area (Å²) in [6.07, 6.45) is 2.43. The van der Waals surface area contributed by atoms with Gasteiger partial charge >= 0.3 is 5.97 Å². The first kappa shape index (κ1) is 16.1. The van der Waals surface area contributed by atoms with Gasteiger partial charge in [-0.15, -0.1) is 0 Å². The molecule has 130 valence electrons. The highest BCUT2D eigenvalue weighted by atomic mass is 16.4. The molecule has 0 saturated carbocycles. The third-order valence-electron chi connectivity index (χ3n) is 4.78. The molecule has 1 atom stereocenters. The second-order valence-corrected chi connectivity index (χ2v) is 6.28. The Morgan fingerprint density at radius 1 is 1.00 bits per heavy atom. The molecule has 4 rings (SSSR count). The summed E-state index contributed by atoms with van der Waals surface area (Å²) >= 11 is 0. The highest BCUT2D eigenvalue weighted by Crippen LogP contribution is 2.27. The number of aromatic amines is 1. The summed E-state index contributed by atoms with van der Waals surface area (Å²) in [5.74, 6) is -2.27. The van der Waals surface area contributed by atoms with Crippen molar-refractivity contribution in [2.24, 2.45) is 0 Å². The van der Waals surface area contributed by atoms with Crippen molar-refractivity contribution < 1.29 is 19.5 Å². The van der Waals surface area contributed by atoms with Gasteiger partial charge in [0, 0.05) is 17.1 Å². The fourth-order valence-corrected chi connectivity index (χ4v) is 3.48. The van der Waals surface area contributed by atoms with Gasteiger partial charge in [0.2, 0.25) is 0 Å². The number of amides is 2. The molecule has 2 N–H and O–H groups in total. The molecule has 0 fully saturated rings. The summed E-state index contributed by atoms with van der Waals surface area (Å²) in [7, 11) is 0. The van der Waals surface area contributed by atoms with Crippen LogP contribution < -0.4 is 0 Å². The molecule has 0 saturated heterocycles. The van der Waals surface area contributed by atoms with Crippen LogP contribution in [-0.2, 0) is 11.2 Å². The van der Waals surface area contributed by atoms with Gasteiger partial charge in [-0.1, -0.05) is 30.3 Å². The number of para-hydroxylation sites is 1. The zero-order valence-corrected chi connectivity index (χ0v) is 13.8. The van der Waals surface area contributed by atoms with E-state index in [1.807, 2.05) is 30.5 Å². The molecule has 0 aliphatic carbocycles. The van der Waals surface area contributed by atoms with Crippen LogP contribution in [0.4, 0.5) is 0 Å². The number of rotatable bonds is 5. The Hall–Kier alpha value is -3.41. The van der Waals surface area contributed by atoms with E-state index in [0.29, 0.717) is 6.42 Å². The smallest absolute Gasteiger partial charge is 0.326 e. The maximum atomic E-state index is 12.6. The number of benzene rings is 2. The standard InChI is InChI=1S/C20H16N2O4/c23-18-14-6-1-2-7-15(14)19(24)22(18)17(20(25)26)10-9-12-11-21-16-8-4-3-5-13(12)16/h1-8,11,17,21H,9-10H2,(H,25,26)/t17-/m1/s1. The molecule has 26 heavy (non-hydrogen) atoms. The molecule has 1 aromatic heterocycles. The molecule has 6 nitrogen and oxygen atoms in total. The Balaban J connectivity index is 1.60. The number of hydrogen-bond donors (Lipinski definition) is 2. The molecule has 0 bridgehead atoms. The normalized spacial score (nSPS) is 14.7. The second kappa shape index (κ2) is 6.15. The number of aryl methyl sites for hydroxylation is 1. The maximum absolute atomic E-state index is 12.6. The van der Waals surface area contributed by atoms with Crippen molar-refractivity contribution in [1.29, 1.82) is 0 Å². The Morgan fingerprint density at radius 2 is 1.62 bits per heavy atom. The highest BCUT2D eigenvalue weighted by Gasteiger charge is 2.42.